The Balaban J connectivity index is 1.64. The van der Waals surface area contributed by atoms with Gasteiger partial charge in [-0.05, 0) is 62.8 Å². The summed E-state index contributed by atoms with van der Waals surface area (Å²) in [6, 6.07) is 9.90. The molecule has 4 rings (SSSR count). The Morgan fingerprint density at radius 1 is 1.30 bits per heavy atom. The van der Waals surface area contributed by atoms with Gasteiger partial charge in [0.15, 0.2) is 11.1 Å². The lowest BCUT2D eigenvalue weighted by Crippen LogP contribution is -2.42. The van der Waals surface area contributed by atoms with Crippen LogP contribution in [0.1, 0.15) is 43.1 Å². The zero-order valence-corrected chi connectivity index (χ0v) is 23.9. The van der Waals surface area contributed by atoms with E-state index in [4.69, 9.17) is 4.74 Å². The number of benzene rings is 2. The lowest BCUT2D eigenvalue weighted by Gasteiger charge is -2.21. The van der Waals surface area contributed by atoms with Gasteiger partial charge in [-0.25, -0.2) is 9.00 Å². The predicted octanol–water partition coefficient (Wildman–Crippen LogP) is 4.16. The molecule has 0 saturated carbocycles. The number of hydrazone groups is 1. The average Bonchev–Trinajstić information content (AvgIpc) is 3.60. The summed E-state index contributed by atoms with van der Waals surface area (Å²) in [7, 11) is 0. The first-order chi connectivity index (χ1) is 20.6. The minimum Gasteiger partial charge on any atom is -0.448 e. The molecule has 0 aliphatic heterocycles. The maximum absolute atomic E-state index is 13.1. The van der Waals surface area contributed by atoms with Crippen LogP contribution < -0.4 is 5.32 Å². The highest BCUT2D eigenvalue weighted by molar-refractivity contribution is 7.93. The maximum atomic E-state index is 13.1. The standard InChI is InChI=1S/C24H24N8O9S2/c1-3-5-21(31(34)35)27-29(4-2)23(30-13-25-22(28-30)32(36)37)26-24(33)41-12-20-18-10-14(42-38)6-8-16(18)17-9-7-15(43(39)40)11-19(17)20/h4,6-11,13,20,23,38H,2-3,5,12H2,1H3,(H,26,33)(H,39,40)/b27-21+. The second-order valence-corrected chi connectivity index (χ2v) is 10.5. The number of carbonyl (C=O) groups is 1. The van der Waals surface area contributed by atoms with Gasteiger partial charge in [-0.2, -0.15) is 0 Å². The molecule has 43 heavy (non-hydrogen) atoms. The topological polar surface area (TPSA) is 228 Å². The summed E-state index contributed by atoms with van der Waals surface area (Å²) in [6.07, 6.45) is -0.247. The van der Waals surface area contributed by atoms with Gasteiger partial charge in [0.2, 0.25) is 6.33 Å². The zero-order valence-electron chi connectivity index (χ0n) is 22.3. The fourth-order valence-corrected chi connectivity index (χ4v) is 5.14. The predicted molar refractivity (Wildman–Crippen MR) is 153 cm³/mol. The fourth-order valence-electron chi connectivity index (χ4n) is 4.42. The first-order valence-corrected chi connectivity index (χ1v) is 14.3. The van der Waals surface area contributed by atoms with Crippen LogP contribution in [0.3, 0.4) is 0 Å². The third-order valence-corrected chi connectivity index (χ3v) is 7.41. The largest absolute Gasteiger partial charge is 0.491 e. The van der Waals surface area contributed by atoms with Crippen LogP contribution in [-0.2, 0) is 15.8 Å². The van der Waals surface area contributed by atoms with E-state index in [0.29, 0.717) is 34.5 Å². The normalized spacial score (nSPS) is 15.1. The minimum atomic E-state index is -2.27. The van der Waals surface area contributed by atoms with Gasteiger partial charge in [0, 0.05) is 34.2 Å². The molecule has 1 aliphatic carbocycles. The molecule has 0 radical (unpaired) electrons. The maximum Gasteiger partial charge on any atom is 0.491 e. The monoisotopic (exact) mass is 632 g/mol. The minimum absolute atomic E-state index is 0.0265. The Morgan fingerprint density at radius 2 is 2.00 bits per heavy atom. The van der Waals surface area contributed by atoms with Gasteiger partial charge in [-0.3, -0.25) is 5.32 Å². The van der Waals surface area contributed by atoms with Gasteiger partial charge in [0.05, 0.1) is 16.4 Å². The molecule has 0 bridgehead atoms. The van der Waals surface area contributed by atoms with E-state index in [-0.39, 0.29) is 17.9 Å². The molecule has 0 fully saturated rings. The van der Waals surface area contributed by atoms with Crippen LogP contribution in [0.25, 0.3) is 11.1 Å². The molecule has 2 aromatic carbocycles. The summed E-state index contributed by atoms with van der Waals surface area (Å²) in [5, 5.41) is 33.6. The summed E-state index contributed by atoms with van der Waals surface area (Å²) < 4.78 is 37.3. The van der Waals surface area contributed by atoms with Gasteiger partial charge in [0.25, 0.3) is 6.29 Å². The molecule has 3 atom stereocenters. The molecular weight excluding hydrogens is 608 g/mol. The van der Waals surface area contributed by atoms with Crippen LogP contribution in [0.5, 0.6) is 0 Å². The summed E-state index contributed by atoms with van der Waals surface area (Å²) >= 11 is -1.74. The van der Waals surface area contributed by atoms with E-state index in [1.54, 1.807) is 31.2 Å². The van der Waals surface area contributed by atoms with Gasteiger partial charge in [-0.1, -0.05) is 30.6 Å². The Morgan fingerprint density at radius 3 is 2.58 bits per heavy atom. The molecule has 1 amide bonds. The Labute approximate surface area is 250 Å². The molecular formula is C24H24N8O9S2. The van der Waals surface area contributed by atoms with E-state index < -0.39 is 51.0 Å². The van der Waals surface area contributed by atoms with Crippen LogP contribution in [0.2, 0.25) is 0 Å². The van der Waals surface area contributed by atoms with Gasteiger partial charge in [-0.15, -0.1) is 9.69 Å². The van der Waals surface area contributed by atoms with Crippen molar-refractivity contribution in [2.75, 3.05) is 6.61 Å². The number of amidine groups is 1. The Bertz CT molecular complexity index is 1630. The third-order valence-electron chi connectivity index (χ3n) is 6.29. The van der Waals surface area contributed by atoms with E-state index in [2.05, 4.69) is 27.1 Å². The number of nitrogens with one attached hydrogen (secondary N) is 1. The number of nitro groups is 2. The third kappa shape index (κ3) is 6.85. The van der Waals surface area contributed by atoms with Crippen molar-refractivity contribution in [1.29, 1.82) is 0 Å². The molecule has 0 saturated heterocycles. The summed E-state index contributed by atoms with van der Waals surface area (Å²) in [6.45, 7) is 5.00. The molecule has 3 unspecified atom stereocenters. The second kappa shape index (κ2) is 13.5. The van der Waals surface area contributed by atoms with Crippen LogP contribution >= 0.6 is 12.0 Å². The van der Waals surface area contributed by atoms with Crippen molar-refractivity contribution >= 4 is 41.0 Å². The van der Waals surface area contributed by atoms with Crippen molar-refractivity contribution in [3.8, 4) is 11.1 Å². The lowest BCUT2D eigenvalue weighted by atomic mass is 9.98. The van der Waals surface area contributed by atoms with Crippen molar-refractivity contribution < 1.29 is 32.7 Å². The van der Waals surface area contributed by atoms with Crippen LogP contribution in [0.15, 0.2) is 70.4 Å². The van der Waals surface area contributed by atoms with Gasteiger partial charge >= 0.3 is 17.9 Å². The lowest BCUT2D eigenvalue weighted by molar-refractivity contribution is -0.394. The van der Waals surface area contributed by atoms with Crippen molar-refractivity contribution in [3.63, 3.8) is 0 Å². The first-order valence-electron chi connectivity index (χ1n) is 12.4. The second-order valence-electron chi connectivity index (χ2n) is 8.88. The van der Waals surface area contributed by atoms with E-state index in [9.17, 15) is 38.3 Å². The SMILES string of the molecule is C=CN(/N=C(\CCC)[N+](=O)[O-])C(NC(=O)OCC1c2cc(SO)ccc2-c2ccc(S(=O)O)cc21)n1cnc([N+](=O)[O-])n1. The van der Waals surface area contributed by atoms with Crippen molar-refractivity contribution in [2.24, 2.45) is 5.10 Å². The van der Waals surface area contributed by atoms with Gasteiger partial charge in [0.1, 0.15) is 6.61 Å². The summed E-state index contributed by atoms with van der Waals surface area (Å²) in [5.41, 5.74) is 2.83. The smallest absolute Gasteiger partial charge is 0.448 e. The van der Waals surface area contributed by atoms with Gasteiger partial charge < -0.3 is 34.1 Å². The average molecular weight is 633 g/mol. The summed E-state index contributed by atoms with van der Waals surface area (Å²) in [5.74, 6) is -1.87. The number of aromatic nitrogens is 3. The highest BCUT2D eigenvalue weighted by atomic mass is 32.2. The number of alkyl carbamates (subject to hydrolysis) is 1. The number of hydrogen-bond donors (Lipinski definition) is 3. The molecule has 3 aromatic rings. The van der Waals surface area contributed by atoms with E-state index in [1.807, 2.05) is 0 Å². The fraction of sp³-hybridized carbons (Fsp3) is 0.250. The number of ether oxygens (including phenoxy) is 1. The van der Waals surface area contributed by atoms with Crippen LogP contribution in [-0.4, -0.2) is 61.5 Å². The van der Waals surface area contributed by atoms with E-state index in [1.165, 1.54) is 12.1 Å². The number of carbonyl (C=O) groups excluding carboxylic acids is 1. The van der Waals surface area contributed by atoms with Crippen molar-refractivity contribution in [1.82, 2.24) is 25.1 Å². The van der Waals surface area contributed by atoms with E-state index >= 15 is 0 Å². The highest BCUT2D eigenvalue weighted by Gasteiger charge is 2.34. The summed E-state index contributed by atoms with van der Waals surface area (Å²) in [4.78, 5) is 38.4. The molecule has 226 valence electrons. The first kappa shape index (κ1) is 31.2. The van der Waals surface area contributed by atoms with Crippen LogP contribution in [0.4, 0.5) is 10.7 Å². The van der Waals surface area contributed by atoms with Crippen molar-refractivity contribution in [3.05, 3.63) is 86.9 Å². The number of hydrogen-bond acceptors (Lipinski definition) is 13. The molecule has 0 spiro atoms. The number of nitrogens with zero attached hydrogens (tertiary/aromatic N) is 7. The van der Waals surface area contributed by atoms with Crippen LogP contribution in [0, 0.1) is 20.2 Å². The molecule has 1 aliphatic rings. The molecule has 3 N–H and O–H groups in total. The molecule has 1 aromatic heterocycles. The molecule has 19 heteroatoms. The number of rotatable bonds is 12. The number of amides is 1. The quantitative estimate of drug-likeness (QED) is 0.0485. The van der Waals surface area contributed by atoms with E-state index in [0.717, 1.165) is 33.3 Å². The van der Waals surface area contributed by atoms with Crippen molar-refractivity contribution in [2.45, 2.75) is 41.8 Å². The highest BCUT2D eigenvalue weighted by Crippen LogP contribution is 2.46. The Hall–Kier alpha value is -4.72. The zero-order chi connectivity index (χ0) is 31.3. The number of fused-ring (bicyclic) bond motifs is 3. The molecule has 17 nitrogen and oxygen atoms in total. The Kier molecular flexibility index (Phi) is 9.80. The molecule has 1 heterocycles.